The van der Waals surface area contributed by atoms with Crippen molar-refractivity contribution < 1.29 is 9.53 Å². The van der Waals surface area contributed by atoms with Crippen molar-refractivity contribution in [2.75, 3.05) is 19.8 Å². The molecule has 5 heteroatoms. The maximum Gasteiger partial charge on any atom is 0.232 e. The topological polar surface area (TPSA) is 64.3 Å². The third-order valence-electron chi connectivity index (χ3n) is 3.08. The lowest BCUT2D eigenvalue weighted by Gasteiger charge is -2.26. The number of amides is 1. The molecule has 0 spiro atoms. The molecule has 0 atom stereocenters. The van der Waals surface area contributed by atoms with Crippen molar-refractivity contribution >= 4 is 23.1 Å². The Bertz CT molecular complexity index is 273. The Morgan fingerprint density at radius 1 is 1.50 bits per heavy atom. The first-order chi connectivity index (χ1) is 7.44. The summed E-state index contributed by atoms with van der Waals surface area (Å²) >= 11 is 4.88. The molecule has 0 aromatic rings. The summed E-state index contributed by atoms with van der Waals surface area (Å²) in [4.78, 5) is 12.1. The van der Waals surface area contributed by atoms with Crippen molar-refractivity contribution in [2.24, 2.45) is 17.1 Å². The van der Waals surface area contributed by atoms with Gasteiger partial charge >= 0.3 is 0 Å². The second kappa shape index (κ2) is 5.59. The molecule has 1 saturated heterocycles. The van der Waals surface area contributed by atoms with Crippen LogP contribution in [0.25, 0.3) is 0 Å². The van der Waals surface area contributed by atoms with Gasteiger partial charge < -0.3 is 15.8 Å². The molecule has 1 aliphatic rings. The summed E-state index contributed by atoms with van der Waals surface area (Å²) in [5.74, 6) is 0.423. The zero-order chi connectivity index (χ0) is 12.2. The van der Waals surface area contributed by atoms with E-state index in [0.29, 0.717) is 12.5 Å². The number of thiocarbonyl (C=S) groups is 1. The lowest BCUT2D eigenvalue weighted by Crippen LogP contribution is -2.46. The summed E-state index contributed by atoms with van der Waals surface area (Å²) in [5, 5.41) is 2.91. The second-order valence-corrected chi connectivity index (χ2v) is 5.19. The lowest BCUT2D eigenvalue weighted by atomic mass is 9.91. The van der Waals surface area contributed by atoms with Crippen LogP contribution in [-0.2, 0) is 9.53 Å². The third kappa shape index (κ3) is 3.42. The van der Waals surface area contributed by atoms with Gasteiger partial charge in [0.2, 0.25) is 5.91 Å². The van der Waals surface area contributed by atoms with E-state index >= 15 is 0 Å². The fraction of sp³-hybridized carbons (Fsp3) is 0.818. The Hall–Kier alpha value is -0.680. The zero-order valence-electron chi connectivity index (χ0n) is 9.91. The quantitative estimate of drug-likeness (QED) is 0.719. The molecule has 1 rings (SSSR count). The minimum absolute atomic E-state index is 0.0912. The molecule has 0 aliphatic carbocycles. The molecule has 92 valence electrons. The van der Waals surface area contributed by atoms with E-state index in [2.05, 4.69) is 5.32 Å². The number of nitrogens with one attached hydrogen (secondary N) is 1. The van der Waals surface area contributed by atoms with Crippen LogP contribution in [0, 0.1) is 11.3 Å². The Kier molecular flexibility index (Phi) is 4.68. The normalized spacial score (nSPS) is 18.1. The summed E-state index contributed by atoms with van der Waals surface area (Å²) in [6.45, 7) is 5.76. The van der Waals surface area contributed by atoms with Gasteiger partial charge in [-0.3, -0.25) is 4.79 Å². The molecule has 4 nitrogen and oxygen atoms in total. The molecule has 0 saturated carbocycles. The Morgan fingerprint density at radius 3 is 2.56 bits per heavy atom. The first-order valence-electron chi connectivity index (χ1n) is 5.60. The second-order valence-electron chi connectivity index (χ2n) is 4.76. The number of nitrogens with two attached hydrogens (primary N) is 1. The molecule has 0 aromatic carbocycles. The predicted molar refractivity (Wildman–Crippen MR) is 67.1 cm³/mol. The largest absolute Gasteiger partial charge is 0.392 e. The highest BCUT2D eigenvalue weighted by molar-refractivity contribution is 7.80. The zero-order valence-corrected chi connectivity index (χ0v) is 10.7. The lowest BCUT2D eigenvalue weighted by molar-refractivity contribution is -0.126. The van der Waals surface area contributed by atoms with E-state index < -0.39 is 5.41 Å². The van der Waals surface area contributed by atoms with Gasteiger partial charge in [0.1, 0.15) is 0 Å². The first kappa shape index (κ1) is 13.4. The molecule has 1 aliphatic heterocycles. The highest BCUT2D eigenvalue weighted by Gasteiger charge is 2.31. The summed E-state index contributed by atoms with van der Waals surface area (Å²) in [6, 6.07) is 0. The van der Waals surface area contributed by atoms with E-state index in [1.807, 2.05) is 0 Å². The number of carbonyl (C=O) groups excluding carboxylic acids is 1. The summed E-state index contributed by atoms with van der Waals surface area (Å²) in [7, 11) is 0. The molecule has 0 radical (unpaired) electrons. The maximum atomic E-state index is 11.8. The number of rotatable bonds is 4. The Morgan fingerprint density at radius 2 is 2.06 bits per heavy atom. The third-order valence-corrected chi connectivity index (χ3v) is 3.59. The first-order valence-corrected chi connectivity index (χ1v) is 6.01. The Balaban J connectivity index is 2.37. The van der Waals surface area contributed by atoms with Crippen LogP contribution in [0.3, 0.4) is 0 Å². The molecule has 1 fully saturated rings. The van der Waals surface area contributed by atoms with Crippen molar-refractivity contribution in [3.05, 3.63) is 0 Å². The van der Waals surface area contributed by atoms with E-state index in [4.69, 9.17) is 22.7 Å². The van der Waals surface area contributed by atoms with Gasteiger partial charge in [0.15, 0.2) is 0 Å². The van der Waals surface area contributed by atoms with E-state index in [-0.39, 0.29) is 10.9 Å². The van der Waals surface area contributed by atoms with Crippen LogP contribution >= 0.6 is 12.2 Å². The Labute approximate surface area is 102 Å². The molecule has 16 heavy (non-hydrogen) atoms. The maximum absolute atomic E-state index is 11.8. The standard InChI is InChI=1S/C11H20N2O2S/c1-11(2,9(12)16)10(14)13-7-8-3-5-15-6-4-8/h8H,3-7H2,1-2H3,(H2,12,16)(H,13,14). The van der Waals surface area contributed by atoms with Gasteiger partial charge in [-0.25, -0.2) is 0 Å². The van der Waals surface area contributed by atoms with Crippen LogP contribution in [-0.4, -0.2) is 30.7 Å². The summed E-state index contributed by atoms with van der Waals surface area (Å²) in [6.07, 6.45) is 2.02. The van der Waals surface area contributed by atoms with E-state index in [1.165, 1.54) is 0 Å². The smallest absolute Gasteiger partial charge is 0.232 e. The van der Waals surface area contributed by atoms with Crippen LogP contribution in [0.4, 0.5) is 0 Å². The average molecular weight is 244 g/mol. The number of hydrogen-bond donors (Lipinski definition) is 2. The van der Waals surface area contributed by atoms with E-state index in [1.54, 1.807) is 13.8 Å². The average Bonchev–Trinajstić information content (AvgIpc) is 2.27. The van der Waals surface area contributed by atoms with Crippen molar-refractivity contribution in [1.82, 2.24) is 5.32 Å². The summed E-state index contributed by atoms with van der Waals surface area (Å²) in [5.41, 5.74) is 4.77. The highest BCUT2D eigenvalue weighted by Crippen LogP contribution is 2.17. The molecule has 0 bridgehead atoms. The number of hydrogen-bond acceptors (Lipinski definition) is 3. The van der Waals surface area contributed by atoms with Crippen molar-refractivity contribution in [3.63, 3.8) is 0 Å². The van der Waals surface area contributed by atoms with Crippen molar-refractivity contribution in [1.29, 1.82) is 0 Å². The molecule has 1 amide bonds. The van der Waals surface area contributed by atoms with Gasteiger partial charge in [-0.2, -0.15) is 0 Å². The molecule has 1 heterocycles. The van der Waals surface area contributed by atoms with Gasteiger partial charge in [-0.1, -0.05) is 12.2 Å². The fourth-order valence-corrected chi connectivity index (χ4v) is 1.61. The highest BCUT2D eigenvalue weighted by atomic mass is 32.1. The minimum atomic E-state index is -0.763. The predicted octanol–water partition coefficient (Wildman–Crippen LogP) is 0.842. The molecule has 0 unspecified atom stereocenters. The van der Waals surface area contributed by atoms with Gasteiger partial charge in [-0.05, 0) is 32.6 Å². The van der Waals surface area contributed by atoms with Crippen LogP contribution in [0.2, 0.25) is 0 Å². The number of ether oxygens (including phenoxy) is 1. The minimum Gasteiger partial charge on any atom is -0.392 e. The van der Waals surface area contributed by atoms with Gasteiger partial charge in [0.05, 0.1) is 10.4 Å². The number of carbonyl (C=O) groups is 1. The van der Waals surface area contributed by atoms with Crippen LogP contribution in [0.5, 0.6) is 0 Å². The molecular weight excluding hydrogens is 224 g/mol. The van der Waals surface area contributed by atoms with E-state index in [9.17, 15) is 4.79 Å². The van der Waals surface area contributed by atoms with Gasteiger partial charge in [0, 0.05) is 19.8 Å². The van der Waals surface area contributed by atoms with Crippen molar-refractivity contribution in [3.8, 4) is 0 Å². The van der Waals surface area contributed by atoms with Crippen LogP contribution < -0.4 is 11.1 Å². The molecular formula is C11H20N2O2S. The van der Waals surface area contributed by atoms with Crippen LogP contribution in [0.15, 0.2) is 0 Å². The monoisotopic (exact) mass is 244 g/mol. The van der Waals surface area contributed by atoms with Crippen LogP contribution in [0.1, 0.15) is 26.7 Å². The summed E-state index contributed by atoms with van der Waals surface area (Å²) < 4.78 is 5.26. The van der Waals surface area contributed by atoms with Gasteiger partial charge in [0.25, 0.3) is 0 Å². The molecule has 3 N–H and O–H groups in total. The van der Waals surface area contributed by atoms with Gasteiger partial charge in [-0.15, -0.1) is 0 Å². The van der Waals surface area contributed by atoms with E-state index in [0.717, 1.165) is 26.1 Å². The van der Waals surface area contributed by atoms with Crippen molar-refractivity contribution in [2.45, 2.75) is 26.7 Å². The molecule has 0 aromatic heterocycles. The fourth-order valence-electron chi connectivity index (χ4n) is 1.52. The SMILES string of the molecule is CC(C)(C(=O)NCC1CCOCC1)C(N)=S.